The number of aryl methyl sites for hydroxylation is 2. The molecule has 0 fully saturated rings. The van der Waals surface area contributed by atoms with E-state index in [1.807, 2.05) is 11.3 Å². The molecule has 0 aliphatic carbocycles. The van der Waals surface area contributed by atoms with Gasteiger partial charge in [0.2, 0.25) is 0 Å². The molecule has 0 bridgehead atoms. The zero-order valence-electron chi connectivity index (χ0n) is 11.7. The molecule has 1 N–H and O–H groups in total. The van der Waals surface area contributed by atoms with Gasteiger partial charge in [-0.2, -0.15) is 0 Å². The number of thiazole rings is 1. The molecule has 0 amide bonds. The van der Waals surface area contributed by atoms with E-state index in [1.54, 1.807) is 0 Å². The van der Waals surface area contributed by atoms with Crippen LogP contribution in [0.25, 0.3) is 0 Å². The molecule has 1 heterocycles. The third-order valence-corrected chi connectivity index (χ3v) is 4.23. The predicted octanol–water partition coefficient (Wildman–Crippen LogP) is 4.21. The minimum Gasteiger partial charge on any atom is -0.308 e. The Balaban J connectivity index is 2.39. The smallest absolute Gasteiger partial charge is 0.107 e. The van der Waals surface area contributed by atoms with Crippen LogP contribution in [0.3, 0.4) is 0 Å². The maximum Gasteiger partial charge on any atom is 0.107 e. The topological polar surface area (TPSA) is 24.9 Å². The molecule has 0 spiro atoms. The van der Waals surface area contributed by atoms with E-state index in [9.17, 15) is 0 Å². The number of unbranched alkanes of at least 4 members (excludes halogenated alkanes) is 1. The molecule has 3 heteroatoms. The van der Waals surface area contributed by atoms with Gasteiger partial charge in [0, 0.05) is 17.5 Å². The Labute approximate surface area is 110 Å². The summed E-state index contributed by atoms with van der Waals surface area (Å²) in [6, 6.07) is 0.671. The Kier molecular flexibility index (Phi) is 6.75. The molecule has 0 aromatic carbocycles. The van der Waals surface area contributed by atoms with E-state index >= 15 is 0 Å². The second kappa shape index (κ2) is 7.83. The monoisotopic (exact) mass is 254 g/mol. The second-order valence-corrected chi connectivity index (χ2v) is 6.05. The fraction of sp³-hybridized carbons (Fsp3) is 0.786. The van der Waals surface area contributed by atoms with Crippen LogP contribution >= 0.6 is 11.3 Å². The number of hydrogen-bond donors (Lipinski definition) is 1. The summed E-state index contributed by atoms with van der Waals surface area (Å²) in [5, 5.41) is 4.89. The summed E-state index contributed by atoms with van der Waals surface area (Å²) in [4.78, 5) is 5.93. The highest BCUT2D eigenvalue weighted by Crippen LogP contribution is 2.17. The van der Waals surface area contributed by atoms with Gasteiger partial charge in [-0.05, 0) is 26.7 Å². The third kappa shape index (κ3) is 5.17. The van der Waals surface area contributed by atoms with Crippen LogP contribution in [0, 0.1) is 13.8 Å². The molecular weight excluding hydrogens is 228 g/mol. The minimum absolute atomic E-state index is 0.671. The molecule has 0 aliphatic heterocycles. The van der Waals surface area contributed by atoms with Gasteiger partial charge in [-0.3, -0.25) is 0 Å². The summed E-state index contributed by atoms with van der Waals surface area (Å²) in [7, 11) is 0. The van der Waals surface area contributed by atoms with Crippen LogP contribution in [0.4, 0.5) is 0 Å². The normalized spacial score (nSPS) is 12.9. The highest BCUT2D eigenvalue weighted by Gasteiger charge is 2.08. The molecule has 0 saturated heterocycles. The van der Waals surface area contributed by atoms with Crippen LogP contribution in [0.15, 0.2) is 0 Å². The Bertz CT molecular complexity index is 301. The highest BCUT2D eigenvalue weighted by molar-refractivity contribution is 7.11. The molecule has 1 rings (SSSR count). The lowest BCUT2D eigenvalue weighted by molar-refractivity contribution is 0.433. The Morgan fingerprint density at radius 2 is 1.94 bits per heavy atom. The summed E-state index contributed by atoms with van der Waals surface area (Å²) < 4.78 is 0. The average Bonchev–Trinajstić information content (AvgIpc) is 2.62. The molecular formula is C14H26N2S. The van der Waals surface area contributed by atoms with Crippen LogP contribution < -0.4 is 5.32 Å². The van der Waals surface area contributed by atoms with Gasteiger partial charge in [-0.25, -0.2) is 4.98 Å². The van der Waals surface area contributed by atoms with Gasteiger partial charge in [-0.15, -0.1) is 11.3 Å². The van der Waals surface area contributed by atoms with E-state index in [-0.39, 0.29) is 0 Å². The SMILES string of the molecule is CCCCC(CCC)NCc1nc(C)c(C)s1. The quantitative estimate of drug-likeness (QED) is 0.751. The number of hydrogen-bond acceptors (Lipinski definition) is 3. The van der Waals surface area contributed by atoms with E-state index in [4.69, 9.17) is 0 Å². The molecule has 0 saturated carbocycles. The standard InChI is InChI=1S/C14H26N2S/c1-5-7-9-13(8-6-2)15-10-14-16-11(3)12(4)17-14/h13,15H,5-10H2,1-4H3. The molecule has 1 aromatic rings. The van der Waals surface area contributed by atoms with Crippen molar-refractivity contribution in [2.24, 2.45) is 0 Å². The van der Waals surface area contributed by atoms with Crippen LogP contribution in [0.2, 0.25) is 0 Å². The Morgan fingerprint density at radius 3 is 2.47 bits per heavy atom. The number of nitrogens with one attached hydrogen (secondary N) is 1. The van der Waals surface area contributed by atoms with E-state index in [0.29, 0.717) is 6.04 Å². The van der Waals surface area contributed by atoms with Crippen molar-refractivity contribution in [1.82, 2.24) is 10.3 Å². The lowest BCUT2D eigenvalue weighted by Gasteiger charge is -2.16. The molecule has 1 unspecified atom stereocenters. The number of aromatic nitrogens is 1. The first-order valence-electron chi connectivity index (χ1n) is 6.83. The van der Waals surface area contributed by atoms with Crippen LogP contribution in [0.5, 0.6) is 0 Å². The van der Waals surface area contributed by atoms with Gasteiger partial charge in [0.15, 0.2) is 0 Å². The van der Waals surface area contributed by atoms with Crippen molar-refractivity contribution in [3.8, 4) is 0 Å². The summed E-state index contributed by atoms with van der Waals surface area (Å²) in [6.45, 7) is 9.70. The highest BCUT2D eigenvalue weighted by atomic mass is 32.1. The van der Waals surface area contributed by atoms with Crippen molar-refractivity contribution in [3.05, 3.63) is 15.6 Å². The maximum atomic E-state index is 4.58. The van der Waals surface area contributed by atoms with Crippen LogP contribution in [0.1, 0.15) is 61.5 Å². The molecule has 1 atom stereocenters. The summed E-state index contributed by atoms with van der Waals surface area (Å²) in [5.41, 5.74) is 1.19. The summed E-state index contributed by atoms with van der Waals surface area (Å²) >= 11 is 1.82. The molecule has 17 heavy (non-hydrogen) atoms. The fourth-order valence-corrected chi connectivity index (χ4v) is 2.88. The Morgan fingerprint density at radius 1 is 1.18 bits per heavy atom. The fourth-order valence-electron chi connectivity index (χ4n) is 1.99. The first-order valence-corrected chi connectivity index (χ1v) is 7.65. The van der Waals surface area contributed by atoms with Gasteiger partial charge < -0.3 is 5.32 Å². The number of nitrogens with zero attached hydrogens (tertiary/aromatic N) is 1. The van der Waals surface area contributed by atoms with Crippen molar-refractivity contribution in [2.45, 2.75) is 72.4 Å². The van der Waals surface area contributed by atoms with Gasteiger partial charge >= 0.3 is 0 Å². The number of rotatable bonds is 8. The molecule has 0 radical (unpaired) electrons. The first kappa shape index (κ1) is 14.7. The molecule has 1 aromatic heterocycles. The molecule has 2 nitrogen and oxygen atoms in total. The molecule has 0 aliphatic rings. The molecule has 98 valence electrons. The zero-order chi connectivity index (χ0) is 12.7. The van der Waals surface area contributed by atoms with Gasteiger partial charge in [0.05, 0.1) is 5.69 Å². The Hall–Kier alpha value is -0.410. The van der Waals surface area contributed by atoms with Crippen LogP contribution in [-0.4, -0.2) is 11.0 Å². The summed E-state index contributed by atoms with van der Waals surface area (Å²) in [6.07, 6.45) is 6.46. The predicted molar refractivity (Wildman–Crippen MR) is 76.6 cm³/mol. The summed E-state index contributed by atoms with van der Waals surface area (Å²) in [5.74, 6) is 0. The third-order valence-electron chi connectivity index (χ3n) is 3.16. The van der Waals surface area contributed by atoms with Gasteiger partial charge in [0.1, 0.15) is 5.01 Å². The average molecular weight is 254 g/mol. The zero-order valence-corrected chi connectivity index (χ0v) is 12.5. The van der Waals surface area contributed by atoms with Crippen molar-refractivity contribution in [1.29, 1.82) is 0 Å². The van der Waals surface area contributed by atoms with E-state index < -0.39 is 0 Å². The van der Waals surface area contributed by atoms with E-state index in [0.717, 1.165) is 6.54 Å². The maximum absolute atomic E-state index is 4.58. The van der Waals surface area contributed by atoms with E-state index in [1.165, 1.54) is 47.7 Å². The van der Waals surface area contributed by atoms with Gasteiger partial charge in [0.25, 0.3) is 0 Å². The second-order valence-electron chi connectivity index (χ2n) is 4.76. The van der Waals surface area contributed by atoms with Crippen LogP contribution in [-0.2, 0) is 6.54 Å². The van der Waals surface area contributed by atoms with E-state index in [2.05, 4.69) is 38.0 Å². The van der Waals surface area contributed by atoms with Crippen molar-refractivity contribution < 1.29 is 0 Å². The van der Waals surface area contributed by atoms with Crippen molar-refractivity contribution >= 4 is 11.3 Å². The first-order chi connectivity index (χ1) is 8.17. The van der Waals surface area contributed by atoms with Crippen molar-refractivity contribution in [3.63, 3.8) is 0 Å². The largest absolute Gasteiger partial charge is 0.308 e. The lowest BCUT2D eigenvalue weighted by Crippen LogP contribution is -2.28. The van der Waals surface area contributed by atoms with Gasteiger partial charge in [-0.1, -0.05) is 33.1 Å². The van der Waals surface area contributed by atoms with Crippen molar-refractivity contribution in [2.75, 3.05) is 0 Å². The lowest BCUT2D eigenvalue weighted by atomic mass is 10.1. The minimum atomic E-state index is 0.671.